The van der Waals surface area contributed by atoms with Crippen LogP contribution in [0.2, 0.25) is 0 Å². The number of benzene rings is 1. The van der Waals surface area contributed by atoms with Gasteiger partial charge >= 0.3 is 0 Å². The summed E-state index contributed by atoms with van der Waals surface area (Å²) >= 11 is 0. The third kappa shape index (κ3) is 2.75. The fraction of sp³-hybridized carbons (Fsp3) is 0.462. The minimum atomic E-state index is -2.96. The van der Waals surface area contributed by atoms with E-state index in [1.165, 1.54) is 13.2 Å². The molecular formula is C13H16O3S. The van der Waals surface area contributed by atoms with Gasteiger partial charge in [0.15, 0.2) is 5.78 Å². The number of rotatable bonds is 4. The molecule has 1 fully saturated rings. The maximum Gasteiger partial charge on any atom is 0.159 e. The quantitative estimate of drug-likeness (QED) is 0.770. The highest BCUT2D eigenvalue weighted by molar-refractivity contribution is 7.90. The van der Waals surface area contributed by atoms with E-state index in [1.54, 1.807) is 12.1 Å². The summed E-state index contributed by atoms with van der Waals surface area (Å²) in [5, 5.41) is 0. The van der Waals surface area contributed by atoms with Crippen molar-refractivity contribution in [2.24, 2.45) is 0 Å². The topological polar surface area (TPSA) is 51.2 Å². The van der Waals surface area contributed by atoms with Gasteiger partial charge in [0.05, 0.1) is 5.75 Å². The largest absolute Gasteiger partial charge is 0.295 e. The van der Waals surface area contributed by atoms with Gasteiger partial charge in [0.1, 0.15) is 9.84 Å². The Kier molecular flexibility index (Phi) is 2.86. The summed E-state index contributed by atoms with van der Waals surface area (Å²) in [7, 11) is -2.96. The molecule has 4 heteroatoms. The molecule has 0 heterocycles. The van der Waals surface area contributed by atoms with E-state index in [-0.39, 0.29) is 17.0 Å². The highest BCUT2D eigenvalue weighted by atomic mass is 32.2. The first-order valence-corrected chi connectivity index (χ1v) is 7.68. The van der Waals surface area contributed by atoms with Crippen LogP contribution in [0.5, 0.6) is 0 Å². The summed E-state index contributed by atoms with van der Waals surface area (Å²) in [6.07, 6.45) is 3.11. The van der Waals surface area contributed by atoms with Crippen molar-refractivity contribution in [3.05, 3.63) is 35.4 Å². The number of hydrogen-bond donors (Lipinski definition) is 0. The van der Waals surface area contributed by atoms with Crippen molar-refractivity contribution in [2.75, 3.05) is 12.0 Å². The molecule has 1 aliphatic carbocycles. The van der Waals surface area contributed by atoms with Crippen molar-refractivity contribution in [3.8, 4) is 0 Å². The van der Waals surface area contributed by atoms with Crippen LogP contribution in [-0.2, 0) is 15.3 Å². The summed E-state index contributed by atoms with van der Waals surface area (Å²) in [6.45, 7) is 1.53. The number of sulfone groups is 1. The third-order valence-electron chi connectivity index (χ3n) is 3.30. The third-order valence-corrected chi connectivity index (χ3v) is 4.37. The van der Waals surface area contributed by atoms with Crippen LogP contribution in [0.4, 0.5) is 0 Å². The molecule has 1 aromatic rings. The molecule has 0 saturated heterocycles. The van der Waals surface area contributed by atoms with Crippen molar-refractivity contribution >= 4 is 15.6 Å². The molecule has 0 atom stereocenters. The van der Waals surface area contributed by atoms with Crippen molar-refractivity contribution in [2.45, 2.75) is 25.2 Å². The molecule has 0 aromatic heterocycles. The fourth-order valence-corrected chi connectivity index (χ4v) is 3.69. The number of Topliss-reactive ketones (excluding diaryl/α,β-unsaturated/α-hetero) is 1. The molecule has 0 amide bonds. The van der Waals surface area contributed by atoms with Crippen LogP contribution >= 0.6 is 0 Å². The number of carbonyl (C=O) groups is 1. The zero-order valence-electron chi connectivity index (χ0n) is 10.1. The highest BCUT2D eigenvalue weighted by Crippen LogP contribution is 2.49. The monoisotopic (exact) mass is 252 g/mol. The van der Waals surface area contributed by atoms with E-state index in [0.717, 1.165) is 18.4 Å². The molecule has 3 nitrogen and oxygen atoms in total. The van der Waals surface area contributed by atoms with Crippen LogP contribution in [0, 0.1) is 0 Å². The average molecular weight is 252 g/mol. The molecule has 2 rings (SSSR count). The van der Waals surface area contributed by atoms with Gasteiger partial charge in [-0.15, -0.1) is 0 Å². The van der Waals surface area contributed by atoms with Gasteiger partial charge in [-0.2, -0.15) is 0 Å². The molecule has 1 aliphatic rings. The van der Waals surface area contributed by atoms with E-state index >= 15 is 0 Å². The van der Waals surface area contributed by atoms with Gasteiger partial charge in [0.25, 0.3) is 0 Å². The minimum Gasteiger partial charge on any atom is -0.295 e. The number of carbonyl (C=O) groups excluding carboxylic acids is 1. The van der Waals surface area contributed by atoms with Gasteiger partial charge in [0, 0.05) is 17.2 Å². The van der Waals surface area contributed by atoms with Gasteiger partial charge in [0.2, 0.25) is 0 Å². The normalized spacial score (nSPS) is 17.8. The molecule has 0 spiro atoms. The Hall–Kier alpha value is -1.16. The molecule has 0 aliphatic heterocycles. The summed E-state index contributed by atoms with van der Waals surface area (Å²) < 4.78 is 22.8. The van der Waals surface area contributed by atoms with Gasteiger partial charge < -0.3 is 0 Å². The predicted molar refractivity (Wildman–Crippen MR) is 67.1 cm³/mol. The lowest BCUT2D eigenvalue weighted by Gasteiger charge is -2.14. The molecular weight excluding hydrogens is 236 g/mol. The van der Waals surface area contributed by atoms with Crippen LogP contribution < -0.4 is 0 Å². The van der Waals surface area contributed by atoms with Crippen molar-refractivity contribution in [1.29, 1.82) is 0 Å². The first-order chi connectivity index (χ1) is 7.82. The summed E-state index contributed by atoms with van der Waals surface area (Å²) in [4.78, 5) is 11.2. The maximum atomic E-state index is 11.4. The Balaban J connectivity index is 2.26. The van der Waals surface area contributed by atoms with E-state index in [1.807, 2.05) is 12.1 Å². The second kappa shape index (κ2) is 3.95. The van der Waals surface area contributed by atoms with E-state index in [2.05, 4.69) is 0 Å². The van der Waals surface area contributed by atoms with Crippen LogP contribution in [0.3, 0.4) is 0 Å². The Morgan fingerprint density at radius 2 is 1.76 bits per heavy atom. The van der Waals surface area contributed by atoms with Gasteiger partial charge in [-0.25, -0.2) is 8.42 Å². The lowest BCUT2D eigenvalue weighted by atomic mass is 9.96. The van der Waals surface area contributed by atoms with E-state index < -0.39 is 9.84 Å². The maximum absolute atomic E-state index is 11.4. The van der Waals surface area contributed by atoms with E-state index in [9.17, 15) is 13.2 Å². The van der Waals surface area contributed by atoms with Crippen LogP contribution in [0.1, 0.15) is 35.7 Å². The Morgan fingerprint density at radius 1 is 1.24 bits per heavy atom. The lowest BCUT2D eigenvalue weighted by molar-refractivity contribution is 0.101. The summed E-state index contributed by atoms with van der Waals surface area (Å²) in [5.74, 6) is 0.240. The molecule has 92 valence electrons. The Labute approximate surface area is 102 Å². The zero-order chi connectivity index (χ0) is 12.7. The predicted octanol–water partition coefficient (Wildman–Crippen LogP) is 1.97. The Morgan fingerprint density at radius 3 is 2.12 bits per heavy atom. The molecule has 0 N–H and O–H groups in total. The molecule has 17 heavy (non-hydrogen) atoms. The smallest absolute Gasteiger partial charge is 0.159 e. The second-order valence-corrected chi connectivity index (χ2v) is 7.12. The van der Waals surface area contributed by atoms with Gasteiger partial charge in [-0.3, -0.25) is 4.79 Å². The van der Waals surface area contributed by atoms with Gasteiger partial charge in [-0.1, -0.05) is 24.3 Å². The molecule has 0 radical (unpaired) electrons. The van der Waals surface area contributed by atoms with Crippen molar-refractivity contribution < 1.29 is 13.2 Å². The molecule has 0 unspecified atom stereocenters. The SMILES string of the molecule is CC(=O)c1ccc(C2(CS(C)(=O)=O)CC2)cc1. The summed E-state index contributed by atoms with van der Waals surface area (Å²) in [6, 6.07) is 7.32. The lowest BCUT2D eigenvalue weighted by Crippen LogP contribution is -2.19. The zero-order valence-corrected chi connectivity index (χ0v) is 10.9. The first-order valence-electron chi connectivity index (χ1n) is 5.62. The fourth-order valence-electron chi connectivity index (χ4n) is 2.23. The van der Waals surface area contributed by atoms with E-state index in [0.29, 0.717) is 5.56 Å². The highest BCUT2D eigenvalue weighted by Gasteiger charge is 2.46. The van der Waals surface area contributed by atoms with Crippen LogP contribution in [0.15, 0.2) is 24.3 Å². The first kappa shape index (κ1) is 12.3. The Bertz CT molecular complexity index is 537. The standard InChI is InChI=1S/C13H16O3S/c1-10(14)11-3-5-12(6-4-11)13(7-8-13)9-17(2,15)16/h3-6H,7-9H2,1-2H3. The summed E-state index contributed by atoms with van der Waals surface area (Å²) in [5.41, 5.74) is 1.51. The molecule has 1 aromatic carbocycles. The second-order valence-electron chi connectivity index (χ2n) is 4.98. The molecule has 1 saturated carbocycles. The van der Waals surface area contributed by atoms with Crippen LogP contribution in [-0.4, -0.2) is 26.2 Å². The average Bonchev–Trinajstić information content (AvgIpc) is 2.96. The van der Waals surface area contributed by atoms with Crippen LogP contribution in [0.25, 0.3) is 0 Å². The number of ketones is 1. The van der Waals surface area contributed by atoms with E-state index in [4.69, 9.17) is 0 Å². The number of hydrogen-bond acceptors (Lipinski definition) is 3. The van der Waals surface area contributed by atoms with Gasteiger partial charge in [-0.05, 0) is 25.3 Å². The van der Waals surface area contributed by atoms with Crippen molar-refractivity contribution in [3.63, 3.8) is 0 Å². The minimum absolute atomic E-state index is 0.0320. The van der Waals surface area contributed by atoms with Crippen molar-refractivity contribution in [1.82, 2.24) is 0 Å². The molecule has 0 bridgehead atoms.